The monoisotopic (exact) mass is 285 g/mol. The van der Waals surface area contributed by atoms with Crippen molar-refractivity contribution in [3.8, 4) is 0 Å². The fourth-order valence-corrected chi connectivity index (χ4v) is 3.01. The van der Waals surface area contributed by atoms with Crippen molar-refractivity contribution in [1.82, 2.24) is 14.7 Å². The van der Waals surface area contributed by atoms with Crippen LogP contribution in [0.2, 0.25) is 0 Å². The number of hydrogen-bond acceptors (Lipinski definition) is 3. The van der Waals surface area contributed by atoms with Gasteiger partial charge in [-0.1, -0.05) is 0 Å². The fourth-order valence-electron chi connectivity index (χ4n) is 3.01. The summed E-state index contributed by atoms with van der Waals surface area (Å²) in [5, 5.41) is 5.19. The van der Waals surface area contributed by atoms with E-state index >= 15 is 0 Å². The molecule has 0 unspecified atom stereocenters. The number of rotatable bonds is 2. The van der Waals surface area contributed by atoms with Gasteiger partial charge >= 0.3 is 0 Å². The van der Waals surface area contributed by atoms with Gasteiger partial charge in [-0.2, -0.15) is 5.10 Å². The van der Waals surface area contributed by atoms with Crippen LogP contribution in [0.25, 0.3) is 10.9 Å². The molecule has 0 spiro atoms. The molecular formula is C16H19N3O2. The lowest BCUT2D eigenvalue weighted by atomic mass is 9.88. The van der Waals surface area contributed by atoms with Crippen LogP contribution in [0.5, 0.6) is 0 Å². The summed E-state index contributed by atoms with van der Waals surface area (Å²) in [4.78, 5) is 25.7. The molecule has 2 aromatic rings. The minimum Gasteiger partial charge on any atom is -0.343 e. The highest BCUT2D eigenvalue weighted by Crippen LogP contribution is 2.24. The van der Waals surface area contributed by atoms with Crippen LogP contribution in [-0.4, -0.2) is 39.5 Å². The van der Waals surface area contributed by atoms with Crippen molar-refractivity contribution >= 4 is 22.6 Å². The topological polar surface area (TPSA) is 55.2 Å². The molecule has 2 heterocycles. The fraction of sp³-hybridized carbons (Fsp3) is 0.438. The molecule has 0 saturated carbocycles. The van der Waals surface area contributed by atoms with E-state index in [1.54, 1.807) is 17.8 Å². The van der Waals surface area contributed by atoms with E-state index < -0.39 is 0 Å². The summed E-state index contributed by atoms with van der Waals surface area (Å²) in [5.41, 5.74) is 1.77. The molecule has 3 rings (SSSR count). The van der Waals surface area contributed by atoms with E-state index in [0.717, 1.165) is 29.3 Å². The number of benzene rings is 1. The number of aromatic nitrogens is 2. The van der Waals surface area contributed by atoms with E-state index in [0.29, 0.717) is 13.1 Å². The molecule has 0 radical (unpaired) electrons. The van der Waals surface area contributed by atoms with Crippen molar-refractivity contribution in [2.75, 3.05) is 13.1 Å². The number of fused-ring (bicyclic) bond motifs is 1. The number of aryl methyl sites for hydroxylation is 1. The predicted molar refractivity (Wildman–Crippen MR) is 80.0 cm³/mol. The Hall–Kier alpha value is -2.17. The Morgan fingerprint density at radius 3 is 2.62 bits per heavy atom. The highest BCUT2D eigenvalue weighted by Gasteiger charge is 2.26. The Bertz CT molecular complexity index is 697. The minimum absolute atomic E-state index is 0.0229. The lowest BCUT2D eigenvalue weighted by molar-refractivity contribution is -0.130. The molecule has 0 bridgehead atoms. The van der Waals surface area contributed by atoms with Gasteiger partial charge in [0.05, 0.1) is 11.7 Å². The second kappa shape index (κ2) is 5.31. The number of Topliss-reactive ketones (excluding diaryl/α,β-unsaturated/α-hetero) is 1. The zero-order chi connectivity index (χ0) is 15.0. The van der Waals surface area contributed by atoms with Gasteiger partial charge in [0, 0.05) is 43.9 Å². The molecule has 0 N–H and O–H groups in total. The summed E-state index contributed by atoms with van der Waals surface area (Å²) in [5.74, 6) is 0.302. The smallest absolute Gasteiger partial charge is 0.219 e. The van der Waals surface area contributed by atoms with Crippen LogP contribution in [0, 0.1) is 5.92 Å². The molecule has 1 fully saturated rings. The van der Waals surface area contributed by atoms with Gasteiger partial charge in [-0.15, -0.1) is 0 Å². The van der Waals surface area contributed by atoms with E-state index in [1.165, 1.54) is 0 Å². The Labute approximate surface area is 123 Å². The Balaban J connectivity index is 1.76. The first kappa shape index (κ1) is 13.8. The van der Waals surface area contributed by atoms with Gasteiger partial charge in [-0.05, 0) is 31.0 Å². The Morgan fingerprint density at radius 1 is 1.24 bits per heavy atom. The van der Waals surface area contributed by atoms with Crippen LogP contribution in [0.15, 0.2) is 24.4 Å². The van der Waals surface area contributed by atoms with Crippen LogP contribution in [0.3, 0.4) is 0 Å². The first-order valence-electron chi connectivity index (χ1n) is 7.28. The van der Waals surface area contributed by atoms with Crippen molar-refractivity contribution in [2.45, 2.75) is 19.8 Å². The maximum atomic E-state index is 12.6. The van der Waals surface area contributed by atoms with Crippen molar-refractivity contribution in [1.29, 1.82) is 0 Å². The van der Waals surface area contributed by atoms with Gasteiger partial charge in [-0.25, -0.2) is 0 Å². The molecule has 5 nitrogen and oxygen atoms in total. The number of nitrogens with zero attached hydrogens (tertiary/aromatic N) is 3. The van der Waals surface area contributed by atoms with Gasteiger partial charge in [-0.3, -0.25) is 14.3 Å². The van der Waals surface area contributed by atoms with Crippen LogP contribution >= 0.6 is 0 Å². The number of hydrogen-bond donors (Lipinski definition) is 0. The first-order chi connectivity index (χ1) is 10.1. The quantitative estimate of drug-likeness (QED) is 0.793. The Morgan fingerprint density at radius 2 is 1.95 bits per heavy atom. The summed E-state index contributed by atoms with van der Waals surface area (Å²) in [6.07, 6.45) is 3.29. The van der Waals surface area contributed by atoms with Crippen molar-refractivity contribution in [2.24, 2.45) is 13.0 Å². The lowest BCUT2D eigenvalue weighted by Gasteiger charge is -2.30. The van der Waals surface area contributed by atoms with Gasteiger partial charge < -0.3 is 4.90 Å². The van der Waals surface area contributed by atoms with Crippen LogP contribution in [0.4, 0.5) is 0 Å². The minimum atomic E-state index is 0.0229. The van der Waals surface area contributed by atoms with E-state index in [4.69, 9.17) is 0 Å². The van der Waals surface area contributed by atoms with E-state index in [9.17, 15) is 9.59 Å². The number of likely N-dealkylation sites (tertiary alicyclic amines) is 1. The highest BCUT2D eigenvalue weighted by molar-refractivity contribution is 6.01. The molecule has 1 aliphatic rings. The number of carbonyl (C=O) groups is 2. The van der Waals surface area contributed by atoms with Crippen LogP contribution in [-0.2, 0) is 11.8 Å². The van der Waals surface area contributed by atoms with Crippen molar-refractivity contribution in [3.63, 3.8) is 0 Å². The molecule has 1 aliphatic heterocycles. The zero-order valence-electron chi connectivity index (χ0n) is 12.4. The predicted octanol–water partition coefficient (Wildman–Crippen LogP) is 2.01. The summed E-state index contributed by atoms with van der Waals surface area (Å²) >= 11 is 0. The number of carbonyl (C=O) groups excluding carboxylic acids is 2. The highest BCUT2D eigenvalue weighted by atomic mass is 16.2. The molecular weight excluding hydrogens is 266 g/mol. The van der Waals surface area contributed by atoms with Crippen LogP contribution in [0.1, 0.15) is 30.1 Å². The molecule has 5 heteroatoms. The van der Waals surface area contributed by atoms with E-state index in [-0.39, 0.29) is 17.6 Å². The molecule has 0 aliphatic carbocycles. The first-order valence-corrected chi connectivity index (χ1v) is 7.28. The van der Waals surface area contributed by atoms with Gasteiger partial charge in [0.2, 0.25) is 5.91 Å². The Kier molecular flexibility index (Phi) is 3.49. The van der Waals surface area contributed by atoms with Gasteiger partial charge in [0.25, 0.3) is 0 Å². The third-order valence-electron chi connectivity index (χ3n) is 4.34. The number of ketones is 1. The average Bonchev–Trinajstić information content (AvgIpc) is 2.87. The SMILES string of the molecule is CC(=O)N1CCC(C(=O)c2ccc3c(cnn3C)c2)CC1. The van der Waals surface area contributed by atoms with Gasteiger partial charge in [0.15, 0.2) is 5.78 Å². The largest absolute Gasteiger partial charge is 0.343 e. The molecule has 110 valence electrons. The third-order valence-corrected chi connectivity index (χ3v) is 4.34. The van der Waals surface area contributed by atoms with Crippen molar-refractivity contribution < 1.29 is 9.59 Å². The normalized spacial score (nSPS) is 16.4. The lowest BCUT2D eigenvalue weighted by Crippen LogP contribution is -2.39. The molecule has 1 amide bonds. The summed E-state index contributed by atoms with van der Waals surface area (Å²) in [7, 11) is 1.89. The molecule has 1 aromatic heterocycles. The molecule has 1 saturated heterocycles. The van der Waals surface area contributed by atoms with Crippen molar-refractivity contribution in [3.05, 3.63) is 30.0 Å². The van der Waals surface area contributed by atoms with Crippen LogP contribution < -0.4 is 0 Å². The third kappa shape index (κ3) is 2.55. The molecule has 0 atom stereocenters. The summed E-state index contributed by atoms with van der Waals surface area (Å²) in [6.45, 7) is 2.94. The van der Waals surface area contributed by atoms with E-state index in [2.05, 4.69) is 5.10 Å². The summed E-state index contributed by atoms with van der Waals surface area (Å²) < 4.78 is 1.80. The average molecular weight is 285 g/mol. The molecule has 21 heavy (non-hydrogen) atoms. The second-order valence-corrected chi connectivity index (χ2v) is 5.69. The zero-order valence-corrected chi connectivity index (χ0v) is 12.4. The summed E-state index contributed by atoms with van der Waals surface area (Å²) in [6, 6.07) is 5.74. The standard InChI is InChI=1S/C16H19N3O2/c1-11(20)19-7-5-12(6-8-19)16(21)13-3-4-15-14(9-13)10-17-18(15)2/h3-4,9-10,12H,5-8H2,1-2H3. The number of amides is 1. The maximum absolute atomic E-state index is 12.6. The molecule has 1 aromatic carbocycles. The number of piperidine rings is 1. The second-order valence-electron chi connectivity index (χ2n) is 5.69. The van der Waals surface area contributed by atoms with E-state index in [1.807, 2.05) is 30.1 Å². The van der Waals surface area contributed by atoms with Gasteiger partial charge in [0.1, 0.15) is 0 Å². The maximum Gasteiger partial charge on any atom is 0.219 e.